The summed E-state index contributed by atoms with van der Waals surface area (Å²) in [6, 6.07) is 5.12. The second kappa shape index (κ2) is 8.85. The average Bonchev–Trinajstić information content (AvgIpc) is 3.14. The Morgan fingerprint density at radius 1 is 1.19 bits per heavy atom. The number of pyridine rings is 2. The molecule has 11 heteroatoms. The number of alkyl halides is 3. The Bertz CT molecular complexity index is 1110. The van der Waals surface area contributed by atoms with E-state index in [2.05, 4.69) is 25.1 Å². The topological polar surface area (TPSA) is 91.2 Å². The van der Waals surface area contributed by atoms with Gasteiger partial charge in [0.2, 0.25) is 5.95 Å². The van der Waals surface area contributed by atoms with Crippen LogP contribution in [0.25, 0.3) is 22.5 Å². The number of carbonyl (C=O) groups is 1. The van der Waals surface area contributed by atoms with Crippen LogP contribution in [0, 0.1) is 5.92 Å². The number of imidazole rings is 1. The second-order valence-electron chi connectivity index (χ2n) is 7.36. The number of nitrogens with one attached hydrogen (secondary N) is 1. The van der Waals surface area contributed by atoms with Gasteiger partial charge in [-0.1, -0.05) is 6.42 Å². The summed E-state index contributed by atoms with van der Waals surface area (Å²) in [5, 5.41) is 2.98. The van der Waals surface area contributed by atoms with Crippen LogP contribution >= 0.6 is 0 Å². The molecular weight excluding hydrogens is 427 g/mol. The fourth-order valence-electron chi connectivity index (χ4n) is 3.23. The van der Waals surface area contributed by atoms with Gasteiger partial charge in [-0.15, -0.1) is 4.73 Å². The lowest BCUT2D eigenvalue weighted by Crippen LogP contribution is -2.34. The summed E-state index contributed by atoms with van der Waals surface area (Å²) in [7, 11) is 1.52. The molecule has 0 amide bonds. The third kappa shape index (κ3) is 4.66. The van der Waals surface area contributed by atoms with E-state index in [-0.39, 0.29) is 17.3 Å². The van der Waals surface area contributed by atoms with Gasteiger partial charge in [0.05, 0.1) is 25.2 Å². The van der Waals surface area contributed by atoms with E-state index in [1.54, 1.807) is 30.6 Å². The van der Waals surface area contributed by atoms with Crippen molar-refractivity contribution in [1.82, 2.24) is 19.7 Å². The zero-order valence-electron chi connectivity index (χ0n) is 17.1. The highest BCUT2D eigenvalue weighted by molar-refractivity contribution is 5.77. The molecule has 4 rings (SSSR count). The Hall–Kier alpha value is -3.63. The molecule has 0 atom stereocenters. The molecule has 3 aromatic rings. The van der Waals surface area contributed by atoms with Crippen LogP contribution in [0.4, 0.5) is 19.1 Å². The Kier molecular flexibility index (Phi) is 5.97. The molecule has 0 saturated heterocycles. The van der Waals surface area contributed by atoms with Crippen molar-refractivity contribution in [2.75, 3.05) is 19.0 Å². The van der Waals surface area contributed by atoms with Crippen LogP contribution in [0.2, 0.25) is 0 Å². The van der Waals surface area contributed by atoms with Crippen molar-refractivity contribution in [3.8, 4) is 28.3 Å². The van der Waals surface area contributed by atoms with E-state index in [9.17, 15) is 18.0 Å². The molecule has 1 fully saturated rings. The number of methoxy groups -OCH3 is 1. The molecule has 0 spiro atoms. The Morgan fingerprint density at radius 3 is 2.69 bits per heavy atom. The van der Waals surface area contributed by atoms with Crippen LogP contribution in [-0.4, -0.2) is 45.5 Å². The van der Waals surface area contributed by atoms with Crippen LogP contribution in [0.5, 0.6) is 5.75 Å². The zero-order valence-corrected chi connectivity index (χ0v) is 17.1. The lowest BCUT2D eigenvalue weighted by atomic mass is 9.85. The summed E-state index contributed by atoms with van der Waals surface area (Å²) >= 11 is 0. The summed E-state index contributed by atoms with van der Waals surface area (Å²) in [6.07, 6.45) is 3.99. The van der Waals surface area contributed by atoms with Crippen molar-refractivity contribution < 1.29 is 27.5 Å². The number of anilines is 1. The van der Waals surface area contributed by atoms with E-state index >= 15 is 0 Å². The standard InChI is InChI=1S/C21H20F3N5O3/c1-31-16-7-15(10-25-11-16)14-5-6-26-17(8-14)18-12-28-20(27-9-13-3-2-4-13)29(18)32-19(30)21(22,23)24/h5-8,10-13H,2-4,9H2,1H3,(H,27,28). The third-order valence-electron chi connectivity index (χ3n) is 5.20. The number of rotatable bonds is 7. The highest BCUT2D eigenvalue weighted by atomic mass is 19.4. The van der Waals surface area contributed by atoms with Crippen LogP contribution in [0.3, 0.4) is 0 Å². The van der Waals surface area contributed by atoms with Crippen LogP contribution in [0.1, 0.15) is 19.3 Å². The van der Waals surface area contributed by atoms with Crippen molar-refractivity contribution >= 4 is 11.9 Å². The number of carbonyl (C=O) groups excluding carboxylic acids is 1. The van der Waals surface area contributed by atoms with Crippen LogP contribution < -0.4 is 14.9 Å². The molecule has 0 aliphatic heterocycles. The Balaban J connectivity index is 1.68. The number of ether oxygens (including phenoxy) is 1. The van der Waals surface area contributed by atoms with E-state index in [1.165, 1.54) is 19.5 Å². The molecule has 0 unspecified atom stereocenters. The molecule has 0 aromatic carbocycles. The minimum atomic E-state index is -5.16. The van der Waals surface area contributed by atoms with Gasteiger partial charge in [0.1, 0.15) is 11.4 Å². The first kappa shape index (κ1) is 21.6. The number of aromatic nitrogens is 4. The summed E-state index contributed by atoms with van der Waals surface area (Å²) in [6.45, 7) is 0.517. The van der Waals surface area contributed by atoms with Gasteiger partial charge >= 0.3 is 12.1 Å². The van der Waals surface area contributed by atoms with Gasteiger partial charge in [-0.25, -0.2) is 9.78 Å². The van der Waals surface area contributed by atoms with E-state index in [0.29, 0.717) is 23.8 Å². The molecule has 3 aromatic heterocycles. The van der Waals surface area contributed by atoms with Gasteiger partial charge in [-0.2, -0.15) is 13.2 Å². The summed E-state index contributed by atoms with van der Waals surface area (Å²) in [5.74, 6) is -1.40. The Morgan fingerprint density at radius 2 is 2.00 bits per heavy atom. The fourth-order valence-corrected chi connectivity index (χ4v) is 3.23. The first-order valence-electron chi connectivity index (χ1n) is 9.92. The van der Waals surface area contributed by atoms with Crippen LogP contribution in [-0.2, 0) is 4.79 Å². The number of hydrogen-bond acceptors (Lipinski definition) is 7. The first-order chi connectivity index (χ1) is 15.3. The van der Waals surface area contributed by atoms with Gasteiger partial charge in [0.15, 0.2) is 0 Å². The largest absolute Gasteiger partial charge is 0.495 e. The SMILES string of the molecule is COc1cncc(-c2ccnc(-c3cnc(NCC4CCC4)n3OC(=O)C(F)(F)F)c2)c1. The highest BCUT2D eigenvalue weighted by Gasteiger charge is 2.42. The third-order valence-corrected chi connectivity index (χ3v) is 5.20. The zero-order chi connectivity index (χ0) is 22.7. The summed E-state index contributed by atoms with van der Waals surface area (Å²) < 4.78 is 44.6. The molecule has 1 saturated carbocycles. The number of halogens is 3. The molecule has 32 heavy (non-hydrogen) atoms. The number of hydrogen-bond donors (Lipinski definition) is 1. The maximum absolute atomic E-state index is 12.9. The molecule has 0 radical (unpaired) electrons. The van der Waals surface area contributed by atoms with Crippen molar-refractivity contribution in [3.63, 3.8) is 0 Å². The maximum Gasteiger partial charge on any atom is 0.493 e. The summed E-state index contributed by atoms with van der Waals surface area (Å²) in [5.41, 5.74) is 1.77. The van der Waals surface area contributed by atoms with E-state index in [1.807, 2.05) is 0 Å². The predicted octanol–water partition coefficient (Wildman–Crippen LogP) is 3.75. The smallest absolute Gasteiger partial charge is 0.493 e. The molecule has 168 valence electrons. The Labute approximate surface area is 181 Å². The highest BCUT2D eigenvalue weighted by Crippen LogP contribution is 2.29. The monoisotopic (exact) mass is 447 g/mol. The number of nitrogens with zero attached hydrogens (tertiary/aromatic N) is 4. The van der Waals surface area contributed by atoms with E-state index in [4.69, 9.17) is 4.74 Å². The van der Waals surface area contributed by atoms with Gasteiger partial charge in [-0.05, 0) is 42.5 Å². The minimum Gasteiger partial charge on any atom is -0.495 e. The van der Waals surface area contributed by atoms with Crippen molar-refractivity contribution in [2.45, 2.75) is 25.4 Å². The second-order valence-corrected chi connectivity index (χ2v) is 7.36. The first-order valence-corrected chi connectivity index (χ1v) is 9.92. The van der Waals surface area contributed by atoms with Gasteiger partial charge in [-0.3, -0.25) is 9.97 Å². The normalized spacial score (nSPS) is 14.0. The van der Waals surface area contributed by atoms with Crippen molar-refractivity contribution in [2.24, 2.45) is 5.92 Å². The van der Waals surface area contributed by atoms with Crippen LogP contribution in [0.15, 0.2) is 43.0 Å². The molecule has 1 aliphatic rings. The average molecular weight is 447 g/mol. The molecule has 1 aliphatic carbocycles. The van der Waals surface area contributed by atoms with Crippen molar-refractivity contribution in [1.29, 1.82) is 0 Å². The molecular formula is C21H20F3N5O3. The quantitative estimate of drug-likeness (QED) is 0.590. The van der Waals surface area contributed by atoms with Gasteiger partial charge in [0.25, 0.3) is 0 Å². The minimum absolute atomic E-state index is 0.000231. The fraction of sp³-hybridized carbons (Fsp3) is 0.333. The lowest BCUT2D eigenvalue weighted by molar-refractivity contribution is -0.199. The lowest BCUT2D eigenvalue weighted by Gasteiger charge is -2.25. The van der Waals surface area contributed by atoms with Gasteiger partial charge < -0.3 is 14.9 Å². The van der Waals surface area contributed by atoms with Crippen molar-refractivity contribution in [3.05, 3.63) is 43.0 Å². The molecule has 1 N–H and O–H groups in total. The molecule has 3 heterocycles. The van der Waals surface area contributed by atoms with Gasteiger partial charge in [0, 0.05) is 24.5 Å². The van der Waals surface area contributed by atoms with E-state index < -0.39 is 12.1 Å². The van der Waals surface area contributed by atoms with E-state index in [0.717, 1.165) is 29.6 Å². The predicted molar refractivity (Wildman–Crippen MR) is 109 cm³/mol. The summed E-state index contributed by atoms with van der Waals surface area (Å²) in [4.78, 5) is 28.7. The molecule has 0 bridgehead atoms. The maximum atomic E-state index is 12.9. The molecule has 8 nitrogen and oxygen atoms in total.